The number of amides is 3. The topological polar surface area (TPSA) is 69.7 Å². The van der Waals surface area contributed by atoms with Gasteiger partial charge in [0.25, 0.3) is 0 Å². The third-order valence-corrected chi connectivity index (χ3v) is 5.78. The van der Waals surface area contributed by atoms with Crippen molar-refractivity contribution < 1.29 is 14.4 Å². The molecule has 2 aliphatic rings. The second-order valence-electron chi connectivity index (χ2n) is 8.01. The number of likely N-dealkylation sites (tertiary alicyclic amines) is 1. The molecule has 1 unspecified atom stereocenters. The number of nitrogens with one attached hydrogen (secondary N) is 1. The molecule has 2 fully saturated rings. The molecule has 0 spiro atoms. The lowest BCUT2D eigenvalue weighted by atomic mass is 10.1. The van der Waals surface area contributed by atoms with Crippen LogP contribution in [-0.4, -0.2) is 41.8 Å². The molecule has 0 radical (unpaired) electrons. The molecule has 1 heterocycles. The van der Waals surface area contributed by atoms with Gasteiger partial charge in [0.2, 0.25) is 17.7 Å². The van der Waals surface area contributed by atoms with E-state index in [1.54, 1.807) is 4.90 Å². The molecule has 3 amide bonds. The number of carbonyl (C=O) groups is 3. The Morgan fingerprint density at radius 1 is 1.07 bits per heavy atom. The van der Waals surface area contributed by atoms with E-state index in [4.69, 9.17) is 0 Å². The van der Waals surface area contributed by atoms with Gasteiger partial charge in [0.15, 0.2) is 0 Å². The van der Waals surface area contributed by atoms with Crippen LogP contribution in [0.2, 0.25) is 0 Å². The first-order valence-electron chi connectivity index (χ1n) is 10.6. The second kappa shape index (κ2) is 8.69. The summed E-state index contributed by atoms with van der Waals surface area (Å²) in [6, 6.07) is 17.3. The van der Waals surface area contributed by atoms with Gasteiger partial charge < -0.3 is 15.1 Å². The maximum absolute atomic E-state index is 12.7. The highest BCUT2D eigenvalue weighted by Crippen LogP contribution is 2.33. The van der Waals surface area contributed by atoms with Crippen LogP contribution in [0.4, 0.5) is 11.4 Å². The molecule has 6 heteroatoms. The number of nitrogens with zero attached hydrogens (tertiary/aromatic N) is 2. The number of carbonyl (C=O) groups excluding carboxylic acids is 3. The predicted octanol–water partition coefficient (Wildman–Crippen LogP) is 3.23. The van der Waals surface area contributed by atoms with Gasteiger partial charge in [0, 0.05) is 36.9 Å². The van der Waals surface area contributed by atoms with Crippen molar-refractivity contribution >= 4 is 29.1 Å². The number of para-hydroxylation sites is 1. The highest BCUT2D eigenvalue weighted by atomic mass is 16.2. The quantitative estimate of drug-likeness (QED) is 0.769. The molecular weight excluding hydrogens is 378 g/mol. The smallest absolute Gasteiger partial charge is 0.231 e. The van der Waals surface area contributed by atoms with Gasteiger partial charge in [-0.15, -0.1) is 0 Å². The van der Waals surface area contributed by atoms with Gasteiger partial charge >= 0.3 is 0 Å². The van der Waals surface area contributed by atoms with E-state index in [2.05, 4.69) is 5.32 Å². The van der Waals surface area contributed by atoms with Gasteiger partial charge in [0.05, 0.1) is 12.3 Å². The summed E-state index contributed by atoms with van der Waals surface area (Å²) >= 11 is 0. The van der Waals surface area contributed by atoms with Crippen molar-refractivity contribution in [2.75, 3.05) is 23.3 Å². The fourth-order valence-electron chi connectivity index (χ4n) is 3.98. The number of hydrogen-bond donors (Lipinski definition) is 1. The molecule has 156 valence electrons. The summed E-state index contributed by atoms with van der Waals surface area (Å²) < 4.78 is 0. The van der Waals surface area contributed by atoms with Crippen LogP contribution in [0.1, 0.15) is 31.7 Å². The van der Waals surface area contributed by atoms with Crippen LogP contribution in [-0.2, 0) is 20.8 Å². The number of benzene rings is 2. The lowest BCUT2D eigenvalue weighted by Gasteiger charge is -2.21. The maximum atomic E-state index is 12.7. The molecule has 1 saturated carbocycles. The SMILES string of the molecule is CCN(C(=O)Cc1ccc(NC(=O)C2CC(=O)N(C3CC3)C2)cc1)c1ccccc1. The third-order valence-electron chi connectivity index (χ3n) is 5.78. The standard InChI is InChI=1S/C24H27N3O3/c1-2-26(20-6-4-3-5-7-20)22(28)14-17-8-10-19(11-9-17)25-24(30)18-15-23(29)27(16-18)21-12-13-21/h3-11,18,21H,2,12-16H2,1H3,(H,25,30). The molecule has 4 rings (SSSR count). The zero-order valence-electron chi connectivity index (χ0n) is 17.2. The fourth-order valence-corrected chi connectivity index (χ4v) is 3.98. The van der Waals surface area contributed by atoms with Crippen molar-refractivity contribution in [3.8, 4) is 0 Å². The summed E-state index contributed by atoms with van der Waals surface area (Å²) in [4.78, 5) is 40.9. The summed E-state index contributed by atoms with van der Waals surface area (Å²) in [5.74, 6) is -0.282. The predicted molar refractivity (Wildman–Crippen MR) is 116 cm³/mol. The van der Waals surface area contributed by atoms with Crippen LogP contribution < -0.4 is 10.2 Å². The summed E-state index contributed by atoms with van der Waals surface area (Å²) in [5.41, 5.74) is 2.47. The van der Waals surface area contributed by atoms with Crippen LogP contribution in [0.15, 0.2) is 54.6 Å². The van der Waals surface area contributed by atoms with Crippen molar-refractivity contribution in [2.45, 2.75) is 38.6 Å². The van der Waals surface area contributed by atoms with Crippen molar-refractivity contribution in [2.24, 2.45) is 5.92 Å². The summed E-state index contributed by atoms with van der Waals surface area (Å²) in [5, 5.41) is 2.91. The summed E-state index contributed by atoms with van der Waals surface area (Å²) in [7, 11) is 0. The van der Waals surface area contributed by atoms with E-state index < -0.39 is 0 Å². The first-order valence-corrected chi connectivity index (χ1v) is 10.6. The van der Waals surface area contributed by atoms with E-state index in [-0.39, 0.29) is 23.6 Å². The lowest BCUT2D eigenvalue weighted by Crippen LogP contribution is -2.31. The second-order valence-corrected chi connectivity index (χ2v) is 8.01. The molecular formula is C24H27N3O3. The lowest BCUT2D eigenvalue weighted by molar-refractivity contribution is -0.128. The molecule has 1 aliphatic carbocycles. The van der Waals surface area contributed by atoms with E-state index in [0.29, 0.717) is 37.7 Å². The summed E-state index contributed by atoms with van der Waals surface area (Å²) in [6.45, 7) is 3.09. The highest BCUT2D eigenvalue weighted by molar-refractivity contribution is 5.97. The van der Waals surface area contributed by atoms with Gasteiger partial charge in [-0.25, -0.2) is 0 Å². The Morgan fingerprint density at radius 3 is 2.40 bits per heavy atom. The van der Waals surface area contributed by atoms with Gasteiger partial charge in [-0.05, 0) is 49.6 Å². The normalized spacial score (nSPS) is 18.4. The Hall–Kier alpha value is -3.15. The molecule has 1 aliphatic heterocycles. The molecule has 2 aromatic carbocycles. The van der Waals surface area contributed by atoms with Gasteiger partial charge in [0.1, 0.15) is 0 Å². The minimum Gasteiger partial charge on any atom is -0.339 e. The van der Waals surface area contributed by atoms with Crippen molar-refractivity contribution in [1.82, 2.24) is 4.90 Å². The first kappa shape index (κ1) is 20.1. The summed E-state index contributed by atoms with van der Waals surface area (Å²) in [6.07, 6.45) is 2.70. The number of anilines is 2. The number of hydrogen-bond acceptors (Lipinski definition) is 3. The Bertz CT molecular complexity index is 922. The Kier molecular flexibility index (Phi) is 5.84. The molecule has 6 nitrogen and oxygen atoms in total. The van der Waals surface area contributed by atoms with Gasteiger partial charge in [-0.3, -0.25) is 14.4 Å². The maximum Gasteiger partial charge on any atom is 0.231 e. The minimum atomic E-state index is -0.289. The van der Waals surface area contributed by atoms with Crippen LogP contribution in [0.25, 0.3) is 0 Å². The largest absolute Gasteiger partial charge is 0.339 e. The Morgan fingerprint density at radius 2 is 1.77 bits per heavy atom. The van der Waals surface area contributed by atoms with Crippen LogP contribution >= 0.6 is 0 Å². The fraction of sp³-hybridized carbons (Fsp3) is 0.375. The molecule has 1 saturated heterocycles. The third kappa shape index (κ3) is 4.53. The Labute approximate surface area is 176 Å². The van der Waals surface area contributed by atoms with Gasteiger partial charge in [-0.1, -0.05) is 30.3 Å². The monoisotopic (exact) mass is 405 g/mol. The number of rotatable bonds is 7. The van der Waals surface area contributed by atoms with E-state index in [1.807, 2.05) is 66.4 Å². The zero-order chi connectivity index (χ0) is 21.1. The van der Waals surface area contributed by atoms with Crippen molar-refractivity contribution in [1.29, 1.82) is 0 Å². The van der Waals surface area contributed by atoms with Crippen LogP contribution in [0.3, 0.4) is 0 Å². The Balaban J connectivity index is 1.33. The van der Waals surface area contributed by atoms with Crippen molar-refractivity contribution in [3.63, 3.8) is 0 Å². The molecule has 0 aromatic heterocycles. The molecule has 0 bridgehead atoms. The number of likely N-dealkylation sites (N-methyl/N-ethyl adjacent to an activating group) is 1. The van der Waals surface area contributed by atoms with Crippen molar-refractivity contribution in [3.05, 3.63) is 60.2 Å². The molecule has 1 atom stereocenters. The minimum absolute atomic E-state index is 0.0325. The van der Waals surface area contributed by atoms with Crippen LogP contribution in [0, 0.1) is 5.92 Å². The molecule has 2 aromatic rings. The molecule has 1 N–H and O–H groups in total. The van der Waals surface area contributed by atoms with Crippen LogP contribution in [0.5, 0.6) is 0 Å². The van der Waals surface area contributed by atoms with E-state index in [0.717, 1.165) is 24.1 Å². The highest BCUT2D eigenvalue weighted by Gasteiger charge is 2.41. The van der Waals surface area contributed by atoms with Gasteiger partial charge in [-0.2, -0.15) is 0 Å². The van der Waals surface area contributed by atoms with E-state index in [9.17, 15) is 14.4 Å². The first-order chi connectivity index (χ1) is 14.5. The van der Waals surface area contributed by atoms with E-state index >= 15 is 0 Å². The average Bonchev–Trinajstić information content (AvgIpc) is 3.52. The zero-order valence-corrected chi connectivity index (χ0v) is 17.2. The average molecular weight is 405 g/mol. The van der Waals surface area contributed by atoms with E-state index in [1.165, 1.54) is 0 Å². The molecule has 30 heavy (non-hydrogen) atoms.